The fourth-order valence-corrected chi connectivity index (χ4v) is 5.60. The molecule has 0 spiro atoms. The van der Waals surface area contributed by atoms with Crippen molar-refractivity contribution < 1.29 is 49.5 Å². The summed E-state index contributed by atoms with van der Waals surface area (Å²) in [5.41, 5.74) is -7.14. The Morgan fingerprint density at radius 2 is 1.66 bits per heavy atom. The maximum atomic E-state index is 13.4. The minimum Gasteiger partial charge on any atom is -0.369 e. The highest BCUT2D eigenvalue weighted by atomic mass is 32.2. The molecule has 1 fully saturated rings. The number of carbonyl (C=O) groups is 2. The fourth-order valence-electron chi connectivity index (χ4n) is 4.67. The largest absolute Gasteiger partial charge is 0.430 e. The first-order valence-corrected chi connectivity index (χ1v) is 13.9. The Kier molecular flexibility index (Phi) is 7.41. The molecule has 2 N–H and O–H groups in total. The van der Waals surface area contributed by atoms with Crippen molar-refractivity contribution in [1.29, 1.82) is 5.26 Å². The van der Waals surface area contributed by atoms with E-state index in [0.717, 1.165) is 17.0 Å². The van der Waals surface area contributed by atoms with Gasteiger partial charge in [-0.15, -0.1) is 0 Å². The van der Waals surface area contributed by atoms with Crippen molar-refractivity contribution >= 4 is 27.3 Å². The lowest BCUT2D eigenvalue weighted by Crippen LogP contribution is -2.53. The molecule has 41 heavy (non-hydrogen) atoms. The predicted molar refractivity (Wildman–Crippen MR) is 130 cm³/mol. The molecular formula is C26H23F6N3O5S. The van der Waals surface area contributed by atoms with Crippen molar-refractivity contribution in [2.75, 3.05) is 11.1 Å². The topological polar surface area (TPSA) is 128 Å². The Morgan fingerprint density at radius 3 is 2.15 bits per heavy atom. The molecule has 0 bridgehead atoms. The first kappa shape index (κ1) is 30.3. The molecule has 1 aliphatic carbocycles. The number of halogens is 6. The van der Waals surface area contributed by atoms with Gasteiger partial charge in [-0.3, -0.25) is 9.59 Å². The summed E-state index contributed by atoms with van der Waals surface area (Å²) in [5.74, 6) is -1.63. The highest BCUT2D eigenvalue weighted by molar-refractivity contribution is 7.91. The number of aliphatic hydroxyl groups is 1. The van der Waals surface area contributed by atoms with Crippen molar-refractivity contribution in [3.63, 3.8) is 0 Å². The molecule has 1 saturated carbocycles. The molecule has 15 heteroatoms. The first-order chi connectivity index (χ1) is 18.9. The molecule has 1 heterocycles. The van der Waals surface area contributed by atoms with Crippen molar-refractivity contribution in [3.8, 4) is 6.07 Å². The van der Waals surface area contributed by atoms with Crippen LogP contribution >= 0.6 is 0 Å². The summed E-state index contributed by atoms with van der Waals surface area (Å²) in [5, 5.41) is 21.3. The Morgan fingerprint density at radius 1 is 1.07 bits per heavy atom. The van der Waals surface area contributed by atoms with Crippen LogP contribution in [0.4, 0.5) is 32.0 Å². The third kappa shape index (κ3) is 5.38. The van der Waals surface area contributed by atoms with E-state index in [0.29, 0.717) is 30.5 Å². The second-order valence-corrected chi connectivity index (χ2v) is 12.3. The number of carbonyl (C=O) groups excluding carboxylic acids is 2. The van der Waals surface area contributed by atoms with Gasteiger partial charge >= 0.3 is 12.4 Å². The van der Waals surface area contributed by atoms with Gasteiger partial charge in [0, 0.05) is 24.2 Å². The van der Waals surface area contributed by atoms with Gasteiger partial charge in [-0.25, -0.2) is 8.42 Å². The number of rotatable bonds is 7. The van der Waals surface area contributed by atoms with Crippen molar-refractivity contribution in [1.82, 2.24) is 4.90 Å². The van der Waals surface area contributed by atoms with Gasteiger partial charge in [0.2, 0.25) is 5.91 Å². The van der Waals surface area contributed by atoms with Gasteiger partial charge in [0.25, 0.3) is 11.5 Å². The molecule has 2 aromatic rings. The smallest absolute Gasteiger partial charge is 0.369 e. The van der Waals surface area contributed by atoms with Crippen molar-refractivity contribution in [2.24, 2.45) is 5.41 Å². The number of sulfone groups is 1. The molecule has 0 saturated heterocycles. The van der Waals surface area contributed by atoms with E-state index in [2.05, 4.69) is 11.4 Å². The quantitative estimate of drug-likeness (QED) is 0.449. The molecular weight excluding hydrogens is 580 g/mol. The second kappa shape index (κ2) is 10.0. The SMILES string of the molecule is CCS(=O)(=O)c1ccc2c(c1)CN(C(=O)CC1(C#N)CC1)C2C(=O)Nc1ccc(C(O)(C(F)(F)F)C(F)(F)F)cc1. The van der Waals surface area contributed by atoms with Crippen LogP contribution in [0.2, 0.25) is 0 Å². The van der Waals surface area contributed by atoms with Crippen molar-refractivity contribution in [3.05, 3.63) is 59.2 Å². The van der Waals surface area contributed by atoms with Gasteiger partial charge in [-0.05, 0) is 48.2 Å². The fraction of sp³-hybridized carbons (Fsp3) is 0.423. The zero-order valence-corrected chi connectivity index (χ0v) is 22.1. The monoisotopic (exact) mass is 603 g/mol. The van der Waals surface area contributed by atoms with Crippen LogP contribution in [0.15, 0.2) is 47.4 Å². The summed E-state index contributed by atoms with van der Waals surface area (Å²) in [6.45, 7) is 1.28. The van der Waals surface area contributed by atoms with Gasteiger partial charge < -0.3 is 15.3 Å². The normalized spacial score (nSPS) is 18.4. The minimum absolute atomic E-state index is 0.0275. The molecule has 1 aliphatic heterocycles. The van der Waals surface area contributed by atoms with Gasteiger partial charge in [0.15, 0.2) is 9.84 Å². The zero-order valence-electron chi connectivity index (χ0n) is 21.3. The Hall–Kier alpha value is -3.64. The van der Waals surface area contributed by atoms with E-state index in [1.54, 1.807) is 0 Å². The highest BCUT2D eigenvalue weighted by Crippen LogP contribution is 2.51. The van der Waals surface area contributed by atoms with Gasteiger partial charge in [0.1, 0.15) is 6.04 Å². The number of amides is 2. The van der Waals surface area contributed by atoms with Crippen LogP contribution in [0.1, 0.15) is 48.9 Å². The maximum Gasteiger partial charge on any atom is 0.430 e. The van der Waals surface area contributed by atoms with E-state index in [9.17, 15) is 54.7 Å². The third-order valence-corrected chi connectivity index (χ3v) is 9.07. The van der Waals surface area contributed by atoms with Crippen LogP contribution in [0, 0.1) is 16.7 Å². The summed E-state index contributed by atoms with van der Waals surface area (Å²) in [4.78, 5) is 27.7. The van der Waals surface area contributed by atoms with Gasteiger partial charge in [-0.2, -0.15) is 31.6 Å². The lowest BCUT2D eigenvalue weighted by atomic mass is 9.92. The molecule has 1 unspecified atom stereocenters. The lowest BCUT2D eigenvalue weighted by molar-refractivity contribution is -0.376. The number of fused-ring (bicyclic) bond motifs is 1. The number of nitrogens with one attached hydrogen (secondary N) is 1. The standard InChI is InChI=1S/C26H23F6N3O5S/c1-2-41(39,40)18-7-8-19-15(11-18)13-35(20(36)12-23(14-33)9-10-23)21(19)22(37)34-17-5-3-16(4-6-17)24(38,25(27,28)29)26(30,31)32/h3-8,11,21,38H,2,9-10,12-13H2,1H3,(H,34,37). The average molecular weight is 604 g/mol. The zero-order chi connectivity index (χ0) is 30.6. The van der Waals surface area contributed by atoms with E-state index in [4.69, 9.17) is 0 Å². The number of nitrogens with zero attached hydrogens (tertiary/aromatic N) is 2. The highest BCUT2D eigenvalue weighted by Gasteiger charge is 2.71. The number of hydrogen-bond acceptors (Lipinski definition) is 6. The molecule has 220 valence electrons. The van der Waals surface area contributed by atoms with E-state index in [1.165, 1.54) is 25.1 Å². The molecule has 2 aromatic carbocycles. The van der Waals surface area contributed by atoms with Crippen LogP contribution < -0.4 is 5.32 Å². The van der Waals surface area contributed by atoms with E-state index < -0.39 is 56.6 Å². The number of hydrogen-bond donors (Lipinski definition) is 2. The van der Waals surface area contributed by atoms with Crippen LogP contribution in [-0.2, 0) is 31.6 Å². The van der Waals surface area contributed by atoms with Gasteiger partial charge in [0.05, 0.1) is 22.1 Å². The van der Waals surface area contributed by atoms with Crippen LogP contribution in [0.25, 0.3) is 0 Å². The average Bonchev–Trinajstić information content (AvgIpc) is 3.56. The number of benzene rings is 2. The molecule has 0 aromatic heterocycles. The second-order valence-electron chi connectivity index (χ2n) is 10.0. The molecule has 2 aliphatic rings. The van der Waals surface area contributed by atoms with Crippen LogP contribution in [0.5, 0.6) is 0 Å². The van der Waals surface area contributed by atoms with Gasteiger partial charge in [-0.1, -0.05) is 25.1 Å². The maximum absolute atomic E-state index is 13.4. The Labute approximate surface area is 230 Å². The molecule has 2 amide bonds. The number of alkyl halides is 6. The first-order valence-electron chi connectivity index (χ1n) is 12.2. The van der Waals surface area contributed by atoms with E-state index >= 15 is 0 Å². The van der Waals surface area contributed by atoms with E-state index in [-0.39, 0.29) is 34.9 Å². The van der Waals surface area contributed by atoms with Crippen molar-refractivity contribution in [2.45, 2.75) is 61.6 Å². The lowest BCUT2D eigenvalue weighted by Gasteiger charge is -2.32. The van der Waals surface area contributed by atoms with Crippen LogP contribution in [0.3, 0.4) is 0 Å². The molecule has 0 radical (unpaired) electrons. The summed E-state index contributed by atoms with van der Waals surface area (Å²) in [6, 6.07) is 6.94. The summed E-state index contributed by atoms with van der Waals surface area (Å²) in [7, 11) is -3.63. The van der Waals surface area contributed by atoms with Crippen LogP contribution in [-0.4, -0.2) is 48.3 Å². The third-order valence-electron chi connectivity index (χ3n) is 7.34. The molecule has 4 rings (SSSR count). The van der Waals surface area contributed by atoms with E-state index in [1.807, 2.05) is 0 Å². The Balaban J connectivity index is 1.65. The number of anilines is 1. The summed E-state index contributed by atoms with van der Waals surface area (Å²) in [6.07, 6.45) is -11.4. The predicted octanol–water partition coefficient (Wildman–Crippen LogP) is 4.51. The molecule has 1 atom stereocenters. The summed E-state index contributed by atoms with van der Waals surface area (Å²) < 4.78 is 104. The molecule has 8 nitrogen and oxygen atoms in total. The number of nitriles is 1. The Bertz CT molecular complexity index is 1510. The minimum atomic E-state index is -6.09. The summed E-state index contributed by atoms with van der Waals surface area (Å²) >= 11 is 0.